The van der Waals surface area contributed by atoms with Crippen LogP contribution in [0.15, 0.2) is 18.6 Å². The van der Waals surface area contributed by atoms with Crippen LogP contribution >= 0.6 is 0 Å². The fourth-order valence-electron chi connectivity index (χ4n) is 2.96. The van der Waals surface area contributed by atoms with Crippen LogP contribution in [0.2, 0.25) is 0 Å². The summed E-state index contributed by atoms with van der Waals surface area (Å²) in [6.07, 6.45) is 8.97. The van der Waals surface area contributed by atoms with Gasteiger partial charge >= 0.3 is 6.09 Å². The fraction of sp³-hybridized carbons (Fsp3) is 0.684. The minimum absolute atomic E-state index is 0.000853. The van der Waals surface area contributed by atoms with Crippen molar-refractivity contribution in [2.45, 2.75) is 64.5 Å². The molecule has 2 heterocycles. The van der Waals surface area contributed by atoms with Crippen molar-refractivity contribution in [1.29, 1.82) is 0 Å². The summed E-state index contributed by atoms with van der Waals surface area (Å²) in [7, 11) is 0. The van der Waals surface area contributed by atoms with E-state index < -0.39 is 5.60 Å². The first-order valence-electron chi connectivity index (χ1n) is 9.23. The van der Waals surface area contributed by atoms with Crippen molar-refractivity contribution < 1.29 is 19.1 Å². The first-order chi connectivity index (χ1) is 12.4. The van der Waals surface area contributed by atoms with Crippen LogP contribution in [0.5, 0.6) is 0 Å². The van der Waals surface area contributed by atoms with Gasteiger partial charge in [0.1, 0.15) is 17.9 Å². The number of carbonyl (C=O) groups excluding carboxylic acids is 2. The van der Waals surface area contributed by atoms with Gasteiger partial charge in [0.15, 0.2) is 0 Å². The van der Waals surface area contributed by atoms with Crippen molar-refractivity contribution >= 4 is 11.9 Å². The molecule has 144 valence electrons. The van der Waals surface area contributed by atoms with Crippen molar-refractivity contribution in [2.24, 2.45) is 0 Å². The molecule has 0 unspecified atom stereocenters. The number of nitrogens with zero attached hydrogens (tertiary/aromatic N) is 3. The van der Waals surface area contributed by atoms with Crippen LogP contribution in [-0.4, -0.2) is 58.1 Å². The van der Waals surface area contributed by atoms with E-state index in [4.69, 9.17) is 9.47 Å². The molecule has 1 saturated heterocycles. The van der Waals surface area contributed by atoms with E-state index in [-0.39, 0.29) is 24.5 Å². The highest BCUT2D eigenvalue weighted by Crippen LogP contribution is 2.23. The molecule has 2 rings (SSSR count). The topological polar surface area (TPSA) is 81.6 Å². The number of likely N-dealkylation sites (tertiary alicyclic amines) is 1. The van der Waals surface area contributed by atoms with E-state index in [1.54, 1.807) is 0 Å². The molecule has 1 atom stereocenters. The number of hydrogen-bond donors (Lipinski definition) is 0. The number of carbonyl (C=O) groups is 2. The highest BCUT2D eigenvalue weighted by atomic mass is 16.6. The fourth-order valence-corrected chi connectivity index (χ4v) is 2.96. The van der Waals surface area contributed by atoms with E-state index in [1.807, 2.05) is 25.7 Å². The highest BCUT2D eigenvalue weighted by molar-refractivity contribution is 5.94. The monoisotopic (exact) mass is 363 g/mol. The zero-order valence-electron chi connectivity index (χ0n) is 15.9. The first kappa shape index (κ1) is 20.3. The average molecular weight is 363 g/mol. The average Bonchev–Trinajstić information content (AvgIpc) is 2.61. The molecule has 7 nitrogen and oxygen atoms in total. The second kappa shape index (κ2) is 9.62. The van der Waals surface area contributed by atoms with Crippen molar-refractivity contribution in [3.05, 3.63) is 24.3 Å². The molecule has 0 bridgehead atoms. The number of ether oxygens (including phenoxy) is 2. The number of hydrogen-bond acceptors (Lipinski definition) is 6. The largest absolute Gasteiger partial charge is 0.444 e. The molecule has 1 amide bonds. The van der Waals surface area contributed by atoms with Gasteiger partial charge in [0.2, 0.25) is 5.78 Å². The number of Topliss-reactive ketones (excluding diaryl/α,β-unsaturated/α-hetero) is 1. The molecule has 0 spiro atoms. The van der Waals surface area contributed by atoms with Gasteiger partial charge in [0.05, 0.1) is 6.20 Å². The van der Waals surface area contributed by atoms with Crippen molar-refractivity contribution in [3.63, 3.8) is 0 Å². The lowest BCUT2D eigenvalue weighted by Crippen LogP contribution is -2.46. The lowest BCUT2D eigenvalue weighted by Gasteiger charge is -2.36. The summed E-state index contributed by atoms with van der Waals surface area (Å²) in [4.78, 5) is 33.9. The maximum Gasteiger partial charge on any atom is 0.410 e. The molecule has 1 fully saturated rings. The van der Waals surface area contributed by atoms with E-state index >= 15 is 0 Å². The number of aromatic nitrogens is 2. The van der Waals surface area contributed by atoms with Gasteiger partial charge in [-0.3, -0.25) is 9.78 Å². The molecule has 26 heavy (non-hydrogen) atoms. The number of amides is 1. The van der Waals surface area contributed by atoms with Crippen LogP contribution in [0.3, 0.4) is 0 Å². The number of piperidine rings is 1. The minimum Gasteiger partial charge on any atom is -0.444 e. The van der Waals surface area contributed by atoms with Crippen LogP contribution in [0.1, 0.15) is 63.4 Å². The Hall–Kier alpha value is -2.02. The SMILES string of the molecule is CC(C)(C)OC(=O)N1CCCC[C@@H]1CCCOCC(=O)c1cnccn1. The van der Waals surface area contributed by atoms with Crippen molar-refractivity contribution in [1.82, 2.24) is 14.9 Å². The summed E-state index contributed by atoms with van der Waals surface area (Å²) in [6.45, 7) is 6.86. The summed E-state index contributed by atoms with van der Waals surface area (Å²) < 4.78 is 11.0. The Kier molecular flexibility index (Phi) is 7.50. The third kappa shape index (κ3) is 6.71. The van der Waals surface area contributed by atoms with Crippen molar-refractivity contribution in [2.75, 3.05) is 19.8 Å². The predicted molar refractivity (Wildman–Crippen MR) is 97.0 cm³/mol. The molecule has 1 aliphatic heterocycles. The van der Waals surface area contributed by atoms with E-state index in [0.29, 0.717) is 12.3 Å². The van der Waals surface area contributed by atoms with Gasteiger partial charge < -0.3 is 14.4 Å². The zero-order chi connectivity index (χ0) is 19.0. The summed E-state index contributed by atoms with van der Waals surface area (Å²) >= 11 is 0. The lowest BCUT2D eigenvalue weighted by molar-refractivity contribution is 0.00759. The van der Waals surface area contributed by atoms with Gasteiger partial charge in [-0.2, -0.15) is 0 Å². The molecule has 0 aromatic carbocycles. The minimum atomic E-state index is -0.483. The normalized spacial score (nSPS) is 17.8. The molecule has 0 radical (unpaired) electrons. The molecule has 1 aromatic heterocycles. The molecule has 1 aliphatic rings. The van der Waals surface area contributed by atoms with Crippen LogP contribution in [0.25, 0.3) is 0 Å². The number of ketones is 1. The quantitative estimate of drug-likeness (QED) is 0.546. The van der Waals surface area contributed by atoms with Gasteiger partial charge in [-0.1, -0.05) is 0 Å². The Morgan fingerprint density at radius 2 is 2.08 bits per heavy atom. The molecular weight excluding hydrogens is 334 g/mol. The van der Waals surface area contributed by atoms with E-state index in [2.05, 4.69) is 9.97 Å². The molecular formula is C19H29N3O4. The second-order valence-corrected chi connectivity index (χ2v) is 7.53. The van der Waals surface area contributed by atoms with Crippen LogP contribution in [-0.2, 0) is 9.47 Å². The van der Waals surface area contributed by atoms with Gasteiger partial charge in [-0.05, 0) is 52.9 Å². The molecule has 0 saturated carbocycles. The van der Waals surface area contributed by atoms with E-state index in [9.17, 15) is 9.59 Å². The van der Waals surface area contributed by atoms with Crippen molar-refractivity contribution in [3.8, 4) is 0 Å². The van der Waals surface area contributed by atoms with E-state index in [0.717, 1.165) is 38.6 Å². The summed E-state index contributed by atoms with van der Waals surface area (Å²) in [5.41, 5.74) is -0.168. The Morgan fingerprint density at radius 1 is 1.27 bits per heavy atom. The van der Waals surface area contributed by atoms with Crippen LogP contribution in [0, 0.1) is 0 Å². The molecule has 7 heteroatoms. The second-order valence-electron chi connectivity index (χ2n) is 7.53. The van der Waals surface area contributed by atoms with Gasteiger partial charge in [-0.25, -0.2) is 9.78 Å². The molecule has 1 aromatic rings. The smallest absolute Gasteiger partial charge is 0.410 e. The maximum absolute atomic E-state index is 12.4. The Morgan fingerprint density at radius 3 is 2.77 bits per heavy atom. The maximum atomic E-state index is 12.4. The first-order valence-corrected chi connectivity index (χ1v) is 9.23. The third-order valence-electron chi connectivity index (χ3n) is 4.16. The molecule has 0 N–H and O–H groups in total. The van der Waals surface area contributed by atoms with Crippen LogP contribution in [0.4, 0.5) is 4.79 Å². The lowest BCUT2D eigenvalue weighted by atomic mass is 9.98. The van der Waals surface area contributed by atoms with Crippen LogP contribution < -0.4 is 0 Å². The molecule has 0 aliphatic carbocycles. The third-order valence-corrected chi connectivity index (χ3v) is 4.16. The standard InChI is InChI=1S/C19H29N3O4/c1-19(2,3)26-18(24)22-11-5-4-7-15(22)8-6-12-25-14-17(23)16-13-20-9-10-21-16/h9-10,13,15H,4-8,11-12,14H2,1-3H3/t15-/m1/s1. The van der Waals surface area contributed by atoms with Gasteiger partial charge in [0.25, 0.3) is 0 Å². The van der Waals surface area contributed by atoms with Gasteiger partial charge in [-0.15, -0.1) is 0 Å². The number of rotatable bonds is 7. The Labute approximate surface area is 155 Å². The zero-order valence-corrected chi connectivity index (χ0v) is 15.9. The Balaban J connectivity index is 1.71. The highest BCUT2D eigenvalue weighted by Gasteiger charge is 2.30. The Bertz CT molecular complexity index is 586. The van der Waals surface area contributed by atoms with Gasteiger partial charge in [0, 0.05) is 31.6 Å². The summed E-state index contributed by atoms with van der Waals surface area (Å²) in [5.74, 6) is -0.175. The summed E-state index contributed by atoms with van der Waals surface area (Å²) in [6, 6.07) is 0.179. The summed E-state index contributed by atoms with van der Waals surface area (Å²) in [5, 5.41) is 0. The predicted octanol–water partition coefficient (Wildman–Crippen LogP) is 3.25. The van der Waals surface area contributed by atoms with E-state index in [1.165, 1.54) is 18.6 Å².